The summed E-state index contributed by atoms with van der Waals surface area (Å²) in [6, 6.07) is 1.39. The van der Waals surface area contributed by atoms with Crippen molar-refractivity contribution in [2.45, 2.75) is 18.7 Å². The van der Waals surface area contributed by atoms with Gasteiger partial charge in [0.1, 0.15) is 0 Å². The van der Waals surface area contributed by atoms with Crippen molar-refractivity contribution in [3.8, 4) is 5.88 Å². The van der Waals surface area contributed by atoms with Crippen LogP contribution in [-0.2, 0) is 21.8 Å². The van der Waals surface area contributed by atoms with Gasteiger partial charge in [0.15, 0.2) is 0 Å². The van der Waals surface area contributed by atoms with E-state index in [0.717, 1.165) is 0 Å². The Morgan fingerprint density at radius 2 is 2.16 bits per heavy atom. The van der Waals surface area contributed by atoms with Gasteiger partial charge in [0.05, 0.1) is 22.8 Å². The molecule has 4 nitrogen and oxygen atoms in total. The normalized spacial score (nSPS) is 11.3. The molecule has 1 rings (SSSR count). The summed E-state index contributed by atoms with van der Waals surface area (Å²) in [5.41, 5.74) is 0.549. The maximum atomic E-state index is 12.2. The van der Waals surface area contributed by atoms with Crippen LogP contribution in [0.15, 0.2) is 6.07 Å². The topological polar surface area (TPSA) is 48.4 Å². The zero-order valence-electron chi connectivity index (χ0n) is 9.55. The number of alkyl halides is 4. The lowest BCUT2D eigenvalue weighted by Crippen LogP contribution is -2.20. The third kappa shape index (κ3) is 5.01. The Morgan fingerprint density at radius 3 is 2.63 bits per heavy atom. The first kappa shape index (κ1) is 16.3. The van der Waals surface area contributed by atoms with Crippen LogP contribution < -0.4 is 4.74 Å². The molecule has 0 aliphatic heterocycles. The fourth-order valence-corrected chi connectivity index (χ4v) is 2.04. The number of hydrogen-bond acceptors (Lipinski definition) is 4. The van der Waals surface area contributed by atoms with Crippen LogP contribution in [-0.4, -0.2) is 24.4 Å². The molecule has 19 heavy (non-hydrogen) atoms. The molecule has 0 atom stereocenters. The number of methoxy groups -OCH3 is 1. The molecular weight excluding hydrogens is 401 g/mol. The van der Waals surface area contributed by atoms with Crippen LogP contribution in [0.5, 0.6) is 5.88 Å². The molecule has 106 valence electrons. The Balaban J connectivity index is 3.14. The Bertz CT molecular complexity index is 482. The molecule has 0 unspecified atom stereocenters. The van der Waals surface area contributed by atoms with Crippen molar-refractivity contribution >= 4 is 40.2 Å². The third-order valence-electron chi connectivity index (χ3n) is 2.01. The highest BCUT2D eigenvalue weighted by molar-refractivity contribution is 14.1. The standard InChI is InChI=1S/C10H8ClF3INO3/c1-18-8(17)3-7-5(4-11)2-6(15)9(16-7)19-10(12,13)14/h2H,3-4H2,1H3. The minimum atomic E-state index is -4.85. The van der Waals surface area contributed by atoms with Gasteiger partial charge in [0, 0.05) is 5.88 Å². The molecule has 0 saturated heterocycles. The van der Waals surface area contributed by atoms with E-state index in [1.54, 1.807) is 22.6 Å². The van der Waals surface area contributed by atoms with Gasteiger partial charge in [-0.05, 0) is 34.2 Å². The quantitative estimate of drug-likeness (QED) is 0.436. The average Bonchev–Trinajstić information content (AvgIpc) is 2.31. The fraction of sp³-hybridized carbons (Fsp3) is 0.400. The monoisotopic (exact) mass is 409 g/mol. The summed E-state index contributed by atoms with van der Waals surface area (Å²) < 4.78 is 44.9. The van der Waals surface area contributed by atoms with Gasteiger partial charge in [-0.2, -0.15) is 0 Å². The van der Waals surface area contributed by atoms with Crippen molar-refractivity contribution in [2.75, 3.05) is 7.11 Å². The number of aromatic nitrogens is 1. The Kier molecular flexibility index (Phi) is 5.65. The number of carbonyl (C=O) groups excluding carboxylic acids is 1. The second kappa shape index (κ2) is 6.60. The summed E-state index contributed by atoms with van der Waals surface area (Å²) in [6.07, 6.45) is -5.12. The van der Waals surface area contributed by atoms with Crippen molar-refractivity contribution in [3.05, 3.63) is 20.9 Å². The van der Waals surface area contributed by atoms with E-state index in [-0.39, 0.29) is 21.6 Å². The SMILES string of the molecule is COC(=O)Cc1nc(OC(F)(F)F)c(I)cc1CCl. The highest BCUT2D eigenvalue weighted by atomic mass is 127. The molecule has 9 heteroatoms. The Morgan fingerprint density at radius 1 is 1.53 bits per heavy atom. The minimum Gasteiger partial charge on any atom is -0.469 e. The molecule has 0 bridgehead atoms. The molecule has 0 aromatic carbocycles. The van der Waals surface area contributed by atoms with E-state index < -0.39 is 18.2 Å². The van der Waals surface area contributed by atoms with Crippen molar-refractivity contribution < 1.29 is 27.4 Å². The highest BCUT2D eigenvalue weighted by Crippen LogP contribution is 2.28. The number of hydrogen-bond donors (Lipinski definition) is 0. The van der Waals surface area contributed by atoms with Crippen LogP contribution in [0.4, 0.5) is 13.2 Å². The Hall–Kier alpha value is -0.770. The van der Waals surface area contributed by atoms with Gasteiger partial charge in [-0.1, -0.05) is 0 Å². The van der Waals surface area contributed by atoms with Gasteiger partial charge in [-0.25, -0.2) is 4.98 Å². The van der Waals surface area contributed by atoms with Crippen LogP contribution >= 0.6 is 34.2 Å². The second-order valence-corrected chi connectivity index (χ2v) is 4.74. The average molecular weight is 410 g/mol. The van der Waals surface area contributed by atoms with E-state index in [4.69, 9.17) is 11.6 Å². The largest absolute Gasteiger partial charge is 0.574 e. The number of pyridine rings is 1. The maximum Gasteiger partial charge on any atom is 0.574 e. The van der Waals surface area contributed by atoms with Crippen molar-refractivity contribution in [1.29, 1.82) is 0 Å². The molecule has 0 fully saturated rings. The number of carbonyl (C=O) groups is 1. The van der Waals surface area contributed by atoms with Gasteiger partial charge in [-0.3, -0.25) is 4.79 Å². The van der Waals surface area contributed by atoms with Crippen LogP contribution in [0, 0.1) is 3.57 Å². The van der Waals surface area contributed by atoms with Crippen LogP contribution in [0.2, 0.25) is 0 Å². The van der Waals surface area contributed by atoms with E-state index in [2.05, 4.69) is 14.5 Å². The molecule has 0 spiro atoms. The van der Waals surface area contributed by atoms with Crippen molar-refractivity contribution in [1.82, 2.24) is 4.98 Å². The predicted molar refractivity (Wildman–Crippen MR) is 68.9 cm³/mol. The molecule has 0 radical (unpaired) electrons. The van der Waals surface area contributed by atoms with E-state index in [1.807, 2.05) is 0 Å². The number of esters is 1. The van der Waals surface area contributed by atoms with Crippen molar-refractivity contribution in [2.24, 2.45) is 0 Å². The van der Waals surface area contributed by atoms with Gasteiger partial charge < -0.3 is 9.47 Å². The van der Waals surface area contributed by atoms with E-state index >= 15 is 0 Å². The molecular formula is C10H8ClF3INO3. The first-order chi connectivity index (χ1) is 8.76. The van der Waals surface area contributed by atoms with Gasteiger partial charge >= 0.3 is 12.3 Å². The fourth-order valence-electron chi connectivity index (χ4n) is 1.20. The first-order valence-electron chi connectivity index (χ1n) is 4.83. The summed E-state index contributed by atoms with van der Waals surface area (Å²) in [5, 5.41) is 0. The lowest BCUT2D eigenvalue weighted by Gasteiger charge is -2.13. The van der Waals surface area contributed by atoms with E-state index in [1.165, 1.54) is 13.2 Å². The minimum absolute atomic E-state index is 0.0155. The molecule has 1 aromatic heterocycles. The number of ether oxygens (including phenoxy) is 2. The van der Waals surface area contributed by atoms with Crippen LogP contribution in [0.3, 0.4) is 0 Å². The van der Waals surface area contributed by atoms with Gasteiger partial charge in [0.2, 0.25) is 5.88 Å². The second-order valence-electron chi connectivity index (χ2n) is 3.32. The van der Waals surface area contributed by atoms with Crippen molar-refractivity contribution in [3.63, 3.8) is 0 Å². The predicted octanol–water partition coefficient (Wildman–Crippen LogP) is 3.04. The first-order valence-corrected chi connectivity index (χ1v) is 6.45. The van der Waals surface area contributed by atoms with Crippen LogP contribution in [0.1, 0.15) is 11.3 Å². The molecule has 0 amide bonds. The van der Waals surface area contributed by atoms with Gasteiger partial charge in [0.25, 0.3) is 0 Å². The number of halogens is 5. The van der Waals surface area contributed by atoms with E-state index in [0.29, 0.717) is 5.56 Å². The summed E-state index contributed by atoms with van der Waals surface area (Å²) in [7, 11) is 1.17. The molecule has 0 N–H and O–H groups in total. The zero-order chi connectivity index (χ0) is 14.6. The van der Waals surface area contributed by atoms with Crippen LogP contribution in [0.25, 0.3) is 0 Å². The summed E-state index contributed by atoms with van der Waals surface area (Å²) >= 11 is 7.30. The smallest absolute Gasteiger partial charge is 0.469 e. The summed E-state index contributed by atoms with van der Waals surface area (Å²) in [5.74, 6) is -1.22. The molecule has 0 aliphatic rings. The number of nitrogens with zero attached hydrogens (tertiary/aromatic N) is 1. The van der Waals surface area contributed by atoms with E-state index in [9.17, 15) is 18.0 Å². The molecule has 1 aromatic rings. The molecule has 0 saturated carbocycles. The van der Waals surface area contributed by atoms with Gasteiger partial charge in [-0.15, -0.1) is 24.8 Å². The number of rotatable bonds is 4. The zero-order valence-corrected chi connectivity index (χ0v) is 12.5. The third-order valence-corrected chi connectivity index (χ3v) is 3.07. The summed E-state index contributed by atoms with van der Waals surface area (Å²) in [6.45, 7) is 0. The summed E-state index contributed by atoms with van der Waals surface area (Å²) in [4.78, 5) is 14.8. The lowest BCUT2D eigenvalue weighted by atomic mass is 10.1. The molecule has 0 aliphatic carbocycles. The maximum absolute atomic E-state index is 12.2. The molecule has 1 heterocycles. The Labute approximate surface area is 125 Å². The lowest BCUT2D eigenvalue weighted by molar-refractivity contribution is -0.276. The highest BCUT2D eigenvalue weighted by Gasteiger charge is 2.33.